The summed E-state index contributed by atoms with van der Waals surface area (Å²) in [6, 6.07) is 0. The quantitative estimate of drug-likeness (QED) is 0.783. The van der Waals surface area contributed by atoms with E-state index in [0.717, 1.165) is 12.8 Å². The van der Waals surface area contributed by atoms with Gasteiger partial charge in [-0.05, 0) is 27.2 Å². The molecule has 21 heavy (non-hydrogen) atoms. The summed E-state index contributed by atoms with van der Waals surface area (Å²) in [5, 5.41) is 18.9. The van der Waals surface area contributed by atoms with Crippen LogP contribution in [0.3, 0.4) is 0 Å². The molecule has 2 heterocycles. The monoisotopic (exact) mass is 306 g/mol. The first-order valence-corrected chi connectivity index (χ1v) is 7.59. The fourth-order valence-electron chi connectivity index (χ4n) is 2.71. The van der Waals surface area contributed by atoms with Gasteiger partial charge in [-0.2, -0.15) is 0 Å². The summed E-state index contributed by atoms with van der Waals surface area (Å²) in [4.78, 5) is 0. The number of methoxy groups -OCH3 is 2. The second-order valence-corrected chi connectivity index (χ2v) is 5.78. The number of rotatable bonds is 2. The third kappa shape index (κ3) is 5.47. The van der Waals surface area contributed by atoms with Gasteiger partial charge in [0, 0.05) is 27.2 Å². The first-order chi connectivity index (χ1) is 9.90. The van der Waals surface area contributed by atoms with Crippen molar-refractivity contribution in [2.24, 2.45) is 0 Å². The van der Waals surface area contributed by atoms with E-state index in [-0.39, 0.29) is 30.5 Å². The van der Waals surface area contributed by atoms with Crippen molar-refractivity contribution in [1.82, 2.24) is 0 Å². The summed E-state index contributed by atoms with van der Waals surface area (Å²) in [6.45, 7) is 6.41. The van der Waals surface area contributed by atoms with Crippen molar-refractivity contribution in [2.45, 2.75) is 76.3 Å². The molecule has 2 rings (SSSR count). The van der Waals surface area contributed by atoms with Crippen molar-refractivity contribution in [2.75, 3.05) is 20.8 Å². The average Bonchev–Trinajstić information content (AvgIpc) is 2.46. The average molecular weight is 306 g/mol. The molecule has 2 aliphatic rings. The van der Waals surface area contributed by atoms with Crippen molar-refractivity contribution in [1.29, 1.82) is 0 Å². The molecule has 2 aliphatic heterocycles. The summed E-state index contributed by atoms with van der Waals surface area (Å²) in [6.07, 6.45) is 0.539. The highest BCUT2D eigenvalue weighted by atomic mass is 16.5. The fourth-order valence-corrected chi connectivity index (χ4v) is 2.71. The second-order valence-electron chi connectivity index (χ2n) is 5.78. The van der Waals surface area contributed by atoms with Gasteiger partial charge in [0.2, 0.25) is 0 Å². The maximum absolute atomic E-state index is 9.51. The summed E-state index contributed by atoms with van der Waals surface area (Å²) in [7, 11) is 3.24. The summed E-state index contributed by atoms with van der Waals surface area (Å²) in [5.41, 5.74) is 0. The topological polar surface area (TPSA) is 77.4 Å². The molecule has 0 bridgehead atoms. The molecule has 0 saturated carbocycles. The Bertz CT molecular complexity index is 287. The lowest BCUT2D eigenvalue weighted by Gasteiger charge is -2.35. The molecular formula is C15H30O6. The molecule has 0 aromatic carbocycles. The largest absolute Gasteiger partial charge is 0.388 e. The molecule has 0 aromatic heterocycles. The van der Waals surface area contributed by atoms with Crippen molar-refractivity contribution in [3.8, 4) is 0 Å². The van der Waals surface area contributed by atoms with Crippen LogP contribution in [0.2, 0.25) is 0 Å². The minimum Gasteiger partial charge on any atom is -0.388 e. The molecule has 126 valence electrons. The van der Waals surface area contributed by atoms with Crippen LogP contribution in [-0.2, 0) is 18.9 Å². The Hall–Kier alpha value is -0.240. The van der Waals surface area contributed by atoms with Gasteiger partial charge in [0.1, 0.15) is 12.2 Å². The van der Waals surface area contributed by atoms with E-state index in [1.807, 2.05) is 20.8 Å². The smallest absolute Gasteiger partial charge is 0.106 e. The van der Waals surface area contributed by atoms with Gasteiger partial charge in [0.15, 0.2) is 0 Å². The van der Waals surface area contributed by atoms with Crippen LogP contribution in [0, 0.1) is 0 Å². The summed E-state index contributed by atoms with van der Waals surface area (Å²) in [5.74, 6) is 0. The van der Waals surface area contributed by atoms with Crippen molar-refractivity contribution < 1.29 is 29.2 Å². The number of hydrogen-bond acceptors (Lipinski definition) is 6. The fraction of sp³-hybridized carbons (Fsp3) is 1.00. The first-order valence-electron chi connectivity index (χ1n) is 7.59. The molecule has 0 aromatic rings. The zero-order valence-electron chi connectivity index (χ0n) is 13.7. The molecule has 2 saturated heterocycles. The van der Waals surface area contributed by atoms with Gasteiger partial charge in [-0.15, -0.1) is 0 Å². The maximum atomic E-state index is 9.51. The Balaban J connectivity index is 0.000000211. The first kappa shape index (κ1) is 18.8. The predicted octanol–water partition coefficient (Wildman–Crippen LogP) is 0.731. The molecule has 6 heteroatoms. The third-order valence-electron chi connectivity index (χ3n) is 4.12. The Labute approximate surface area is 127 Å². The Kier molecular flexibility index (Phi) is 8.08. The lowest BCUT2D eigenvalue weighted by Crippen LogP contribution is -2.46. The lowest BCUT2D eigenvalue weighted by molar-refractivity contribution is -0.165. The molecular weight excluding hydrogens is 276 g/mol. The van der Waals surface area contributed by atoms with E-state index in [4.69, 9.17) is 18.9 Å². The van der Waals surface area contributed by atoms with E-state index in [2.05, 4.69) is 0 Å². The minimum atomic E-state index is -0.476. The molecule has 0 amide bonds. The van der Waals surface area contributed by atoms with Crippen molar-refractivity contribution in [3.63, 3.8) is 0 Å². The van der Waals surface area contributed by atoms with Gasteiger partial charge in [-0.25, -0.2) is 0 Å². The molecule has 0 spiro atoms. The highest BCUT2D eigenvalue weighted by Gasteiger charge is 2.33. The molecule has 2 N–H and O–H groups in total. The molecule has 6 nitrogen and oxygen atoms in total. The predicted molar refractivity (Wildman–Crippen MR) is 78.3 cm³/mol. The van der Waals surface area contributed by atoms with E-state index < -0.39 is 12.2 Å². The van der Waals surface area contributed by atoms with Gasteiger partial charge >= 0.3 is 0 Å². The number of ether oxygens (including phenoxy) is 4. The van der Waals surface area contributed by atoms with Crippen LogP contribution in [0.25, 0.3) is 0 Å². The van der Waals surface area contributed by atoms with E-state index in [0.29, 0.717) is 6.61 Å². The second kappa shape index (κ2) is 9.02. The Morgan fingerprint density at radius 3 is 2.00 bits per heavy atom. The van der Waals surface area contributed by atoms with Crippen LogP contribution in [0.5, 0.6) is 0 Å². The van der Waals surface area contributed by atoms with Gasteiger partial charge < -0.3 is 29.2 Å². The van der Waals surface area contributed by atoms with E-state index in [9.17, 15) is 10.2 Å². The summed E-state index contributed by atoms with van der Waals surface area (Å²) < 4.78 is 20.8. The maximum Gasteiger partial charge on any atom is 0.106 e. The van der Waals surface area contributed by atoms with E-state index in [1.54, 1.807) is 14.2 Å². The third-order valence-corrected chi connectivity index (χ3v) is 4.12. The van der Waals surface area contributed by atoms with Crippen LogP contribution in [0.15, 0.2) is 0 Å². The van der Waals surface area contributed by atoms with Crippen LogP contribution >= 0.6 is 0 Å². The Morgan fingerprint density at radius 1 is 0.905 bits per heavy atom. The van der Waals surface area contributed by atoms with Gasteiger partial charge in [0.25, 0.3) is 0 Å². The van der Waals surface area contributed by atoms with Crippen LogP contribution in [0.4, 0.5) is 0 Å². The minimum absolute atomic E-state index is 0.0382. The van der Waals surface area contributed by atoms with Crippen LogP contribution < -0.4 is 0 Å². The van der Waals surface area contributed by atoms with Gasteiger partial charge in [0.05, 0.1) is 30.5 Å². The summed E-state index contributed by atoms with van der Waals surface area (Å²) >= 11 is 0. The van der Waals surface area contributed by atoms with Crippen LogP contribution in [0.1, 0.15) is 33.6 Å². The Morgan fingerprint density at radius 2 is 1.48 bits per heavy atom. The molecule has 0 radical (unpaired) electrons. The molecule has 7 atom stereocenters. The normalized spacial score (nSPS) is 43.9. The van der Waals surface area contributed by atoms with Gasteiger partial charge in [-0.1, -0.05) is 0 Å². The standard InChI is InChI=1S/C8H16O3.C7H14O3/c1-5-4-7(10-3)8(9)6(2)11-5;1-5-7(8)6(9-2)3-4-10-5/h5-9H,4H2,1-3H3;5-8H,3-4H2,1-2H3. The number of hydrogen-bond donors (Lipinski definition) is 2. The molecule has 0 aliphatic carbocycles. The van der Waals surface area contributed by atoms with Crippen LogP contribution in [-0.4, -0.2) is 73.8 Å². The zero-order chi connectivity index (χ0) is 16.0. The van der Waals surface area contributed by atoms with E-state index in [1.165, 1.54) is 0 Å². The zero-order valence-corrected chi connectivity index (χ0v) is 13.7. The molecule has 7 unspecified atom stereocenters. The van der Waals surface area contributed by atoms with E-state index >= 15 is 0 Å². The molecule has 2 fully saturated rings. The highest BCUT2D eigenvalue weighted by molar-refractivity contribution is 4.82. The number of aliphatic hydroxyl groups excluding tert-OH is 2. The van der Waals surface area contributed by atoms with Crippen molar-refractivity contribution >= 4 is 0 Å². The number of aliphatic hydroxyl groups is 2. The highest BCUT2D eigenvalue weighted by Crippen LogP contribution is 2.21. The van der Waals surface area contributed by atoms with Gasteiger partial charge in [-0.3, -0.25) is 0 Å². The van der Waals surface area contributed by atoms with Crippen molar-refractivity contribution in [3.05, 3.63) is 0 Å². The lowest BCUT2D eigenvalue weighted by atomic mass is 9.99. The SMILES string of the molecule is COC1CC(C)OC(C)C1O.COC1CCOC(C)C1O.